The second kappa shape index (κ2) is 11.4. The molecule has 2 heterocycles. The minimum absolute atomic E-state index is 0.777. The zero-order valence-corrected chi connectivity index (χ0v) is 27.0. The summed E-state index contributed by atoms with van der Waals surface area (Å²) in [6.07, 6.45) is 0. The topological polar surface area (TPSA) is 28.9 Å². The van der Waals surface area contributed by atoms with Crippen molar-refractivity contribution >= 4 is 66.8 Å². The number of benzene rings is 8. The van der Waals surface area contributed by atoms with E-state index in [1.807, 2.05) is 30.3 Å². The molecule has 4 heteroatoms. The van der Waals surface area contributed by atoms with E-state index in [0.717, 1.165) is 67.6 Å². The summed E-state index contributed by atoms with van der Waals surface area (Å²) in [5.74, 6) is 1.58. The number of hydrogen-bond acceptors (Lipinski definition) is 4. The van der Waals surface area contributed by atoms with Gasteiger partial charge < -0.3 is 19.0 Å². The van der Waals surface area contributed by atoms with Gasteiger partial charge in [-0.3, -0.25) is 0 Å². The summed E-state index contributed by atoms with van der Waals surface area (Å²) in [7, 11) is 0. The highest BCUT2D eigenvalue weighted by Gasteiger charge is 2.27. The number of rotatable bonds is 5. The molecule has 0 saturated heterocycles. The van der Waals surface area contributed by atoms with Crippen molar-refractivity contribution in [2.75, 3.05) is 9.80 Å². The fraction of sp³-hybridized carbons (Fsp3) is 0. The van der Waals surface area contributed by atoms with E-state index in [0.29, 0.717) is 0 Å². The maximum absolute atomic E-state index is 6.65. The van der Waals surface area contributed by atoms with Crippen LogP contribution in [0.4, 0.5) is 34.1 Å². The van der Waals surface area contributed by atoms with Crippen molar-refractivity contribution in [3.05, 3.63) is 182 Å². The first-order valence-corrected chi connectivity index (χ1v) is 16.8. The summed E-state index contributed by atoms with van der Waals surface area (Å²) in [6, 6.07) is 63.7. The van der Waals surface area contributed by atoms with Gasteiger partial charge in [0.2, 0.25) is 0 Å². The van der Waals surface area contributed by atoms with Crippen molar-refractivity contribution < 1.29 is 9.15 Å². The lowest BCUT2D eigenvalue weighted by atomic mass is 9.98. The largest absolute Gasteiger partial charge is 0.456 e. The Bertz CT molecular complexity index is 2690. The third-order valence-electron chi connectivity index (χ3n) is 9.63. The molecule has 4 nitrogen and oxygen atoms in total. The van der Waals surface area contributed by atoms with Crippen LogP contribution in [0, 0.1) is 0 Å². The van der Waals surface area contributed by atoms with Crippen LogP contribution in [0.3, 0.4) is 0 Å². The fourth-order valence-corrected chi connectivity index (χ4v) is 7.31. The van der Waals surface area contributed by atoms with Gasteiger partial charge in [-0.05, 0) is 88.6 Å². The van der Waals surface area contributed by atoms with Crippen molar-refractivity contribution in [3.63, 3.8) is 0 Å². The van der Waals surface area contributed by atoms with Crippen LogP contribution < -0.4 is 14.5 Å². The van der Waals surface area contributed by atoms with Gasteiger partial charge in [-0.25, -0.2) is 0 Å². The molecule has 1 aliphatic rings. The predicted molar refractivity (Wildman–Crippen MR) is 206 cm³/mol. The molecule has 0 atom stereocenters. The quantitative estimate of drug-likeness (QED) is 0.187. The summed E-state index contributed by atoms with van der Waals surface area (Å²) in [5.41, 5.74) is 10.2. The van der Waals surface area contributed by atoms with E-state index < -0.39 is 0 Å². The van der Waals surface area contributed by atoms with E-state index in [1.165, 1.54) is 21.9 Å². The molecule has 0 N–H and O–H groups in total. The van der Waals surface area contributed by atoms with Crippen LogP contribution in [0.1, 0.15) is 0 Å². The van der Waals surface area contributed by atoms with Crippen LogP contribution in [-0.2, 0) is 0 Å². The molecule has 10 rings (SSSR count). The number of hydrogen-bond donors (Lipinski definition) is 0. The van der Waals surface area contributed by atoms with E-state index >= 15 is 0 Å². The van der Waals surface area contributed by atoms with E-state index in [9.17, 15) is 0 Å². The zero-order valence-electron chi connectivity index (χ0n) is 27.0. The van der Waals surface area contributed by atoms with Crippen LogP contribution in [0.15, 0.2) is 186 Å². The molecule has 1 aromatic heterocycles. The second-order valence-corrected chi connectivity index (χ2v) is 12.6. The monoisotopic (exact) mass is 642 g/mol. The molecule has 0 fully saturated rings. The Kier molecular flexibility index (Phi) is 6.46. The maximum Gasteiger partial charge on any atom is 0.153 e. The van der Waals surface area contributed by atoms with Gasteiger partial charge in [0.1, 0.15) is 11.2 Å². The Labute approximate surface area is 289 Å². The predicted octanol–water partition coefficient (Wildman–Crippen LogP) is 13.5. The van der Waals surface area contributed by atoms with Gasteiger partial charge in [0.15, 0.2) is 11.5 Å². The molecule has 9 aromatic rings. The van der Waals surface area contributed by atoms with E-state index in [-0.39, 0.29) is 0 Å². The lowest BCUT2D eigenvalue weighted by molar-refractivity contribution is 0.477. The van der Waals surface area contributed by atoms with Crippen LogP contribution in [0.2, 0.25) is 0 Å². The van der Waals surface area contributed by atoms with E-state index in [4.69, 9.17) is 9.15 Å². The summed E-state index contributed by atoms with van der Waals surface area (Å²) in [6.45, 7) is 0. The molecule has 0 amide bonds. The fourth-order valence-electron chi connectivity index (χ4n) is 7.31. The number of para-hydroxylation sites is 4. The van der Waals surface area contributed by atoms with Gasteiger partial charge in [-0.15, -0.1) is 0 Å². The molecule has 8 aromatic carbocycles. The van der Waals surface area contributed by atoms with Crippen molar-refractivity contribution in [1.29, 1.82) is 0 Å². The van der Waals surface area contributed by atoms with Crippen molar-refractivity contribution in [1.82, 2.24) is 0 Å². The molecule has 0 radical (unpaired) electrons. The molecule has 0 aliphatic carbocycles. The van der Waals surface area contributed by atoms with Gasteiger partial charge in [0, 0.05) is 40.0 Å². The van der Waals surface area contributed by atoms with Gasteiger partial charge in [0.25, 0.3) is 0 Å². The van der Waals surface area contributed by atoms with Gasteiger partial charge in [0.05, 0.1) is 17.1 Å². The summed E-state index contributed by atoms with van der Waals surface area (Å²) < 4.78 is 13.0. The van der Waals surface area contributed by atoms with E-state index in [2.05, 4.69) is 161 Å². The van der Waals surface area contributed by atoms with Gasteiger partial charge in [-0.1, -0.05) is 103 Å². The van der Waals surface area contributed by atoms with Crippen LogP contribution in [0.5, 0.6) is 11.5 Å². The lowest BCUT2D eigenvalue weighted by Gasteiger charge is -2.34. The number of fused-ring (bicyclic) bond motifs is 6. The first-order chi connectivity index (χ1) is 24.8. The molecule has 50 heavy (non-hydrogen) atoms. The zero-order chi connectivity index (χ0) is 33.0. The Morgan fingerprint density at radius 3 is 2.00 bits per heavy atom. The lowest BCUT2D eigenvalue weighted by Crippen LogP contribution is -2.16. The molecule has 0 spiro atoms. The van der Waals surface area contributed by atoms with Gasteiger partial charge in [-0.2, -0.15) is 0 Å². The SMILES string of the molecule is c1ccc(N(c2ccc(-c3cccc4ccccc34)cc2)c2ccc3c(c2)Oc2ccccc2N3c2ccc3c(c2)oc2ccccc23)cc1. The second-order valence-electron chi connectivity index (χ2n) is 12.6. The minimum Gasteiger partial charge on any atom is -0.456 e. The number of nitrogens with zero attached hydrogens (tertiary/aromatic N) is 2. The van der Waals surface area contributed by atoms with Crippen LogP contribution in [-0.4, -0.2) is 0 Å². The molecule has 236 valence electrons. The maximum atomic E-state index is 6.65. The highest BCUT2D eigenvalue weighted by molar-refractivity contribution is 6.06. The Morgan fingerprint density at radius 2 is 1.10 bits per heavy atom. The first-order valence-electron chi connectivity index (χ1n) is 16.8. The average Bonchev–Trinajstić information content (AvgIpc) is 3.55. The average molecular weight is 643 g/mol. The molecular formula is C46H30N2O2. The smallest absolute Gasteiger partial charge is 0.153 e. The Hall–Kier alpha value is -6.78. The normalized spacial score (nSPS) is 12.1. The highest BCUT2D eigenvalue weighted by Crippen LogP contribution is 2.52. The number of anilines is 6. The molecule has 0 bridgehead atoms. The summed E-state index contributed by atoms with van der Waals surface area (Å²) in [5, 5.41) is 4.71. The van der Waals surface area contributed by atoms with Gasteiger partial charge >= 0.3 is 0 Å². The van der Waals surface area contributed by atoms with Crippen molar-refractivity contribution in [2.24, 2.45) is 0 Å². The third kappa shape index (κ3) is 4.61. The van der Waals surface area contributed by atoms with Crippen LogP contribution >= 0.6 is 0 Å². The first kappa shape index (κ1) is 28.3. The summed E-state index contributed by atoms with van der Waals surface area (Å²) in [4.78, 5) is 4.54. The minimum atomic E-state index is 0.777. The van der Waals surface area contributed by atoms with Crippen molar-refractivity contribution in [2.45, 2.75) is 0 Å². The number of ether oxygens (including phenoxy) is 1. The number of furan rings is 1. The van der Waals surface area contributed by atoms with Crippen LogP contribution in [0.25, 0.3) is 43.8 Å². The Balaban J connectivity index is 1.08. The molecule has 0 unspecified atom stereocenters. The highest BCUT2D eigenvalue weighted by atomic mass is 16.5. The molecule has 0 saturated carbocycles. The van der Waals surface area contributed by atoms with Crippen molar-refractivity contribution in [3.8, 4) is 22.6 Å². The summed E-state index contributed by atoms with van der Waals surface area (Å²) >= 11 is 0. The Morgan fingerprint density at radius 1 is 0.420 bits per heavy atom. The third-order valence-corrected chi connectivity index (χ3v) is 9.63. The molecule has 1 aliphatic heterocycles. The standard InChI is InChI=1S/C46H30N2O2/c1-2-13-33(14-3-1)47(34-23-21-32(22-24-34)38-17-10-12-31-11-4-5-15-37(31)38)35-26-28-42-46(30-35)50-44-20-9-7-18-41(44)48(42)36-25-27-40-39-16-6-8-19-43(39)49-45(40)29-36/h1-30H. The molecular weight excluding hydrogens is 613 g/mol. The van der Waals surface area contributed by atoms with E-state index in [1.54, 1.807) is 0 Å².